The van der Waals surface area contributed by atoms with Gasteiger partial charge in [-0.3, -0.25) is 0 Å². The van der Waals surface area contributed by atoms with E-state index in [0.29, 0.717) is 22.4 Å². The summed E-state index contributed by atoms with van der Waals surface area (Å²) in [5, 5.41) is 6.41. The van der Waals surface area contributed by atoms with Gasteiger partial charge >= 0.3 is 6.03 Å². The molecule has 0 saturated heterocycles. The number of hydrogen-bond donors (Lipinski definition) is 2. The van der Waals surface area contributed by atoms with Gasteiger partial charge in [0.1, 0.15) is 5.75 Å². The number of carbonyl (C=O) groups is 1. The average molecular weight is 297 g/mol. The van der Waals surface area contributed by atoms with E-state index in [0.717, 1.165) is 6.42 Å². The highest BCUT2D eigenvalue weighted by atomic mass is 35.5. The van der Waals surface area contributed by atoms with E-state index < -0.39 is 0 Å². The Morgan fingerprint density at radius 3 is 2.80 bits per heavy atom. The molecule has 4 nitrogen and oxygen atoms in total. The lowest BCUT2D eigenvalue weighted by atomic mass is 9.86. The average Bonchev–Trinajstić information content (AvgIpc) is 2.41. The van der Waals surface area contributed by atoms with Crippen molar-refractivity contribution < 1.29 is 9.53 Å². The first-order valence-electron chi connectivity index (χ1n) is 7.01. The molecule has 0 aliphatic heterocycles. The summed E-state index contributed by atoms with van der Waals surface area (Å²) in [5.74, 6) is 1.12. The van der Waals surface area contributed by atoms with Crippen LogP contribution in [-0.2, 0) is 0 Å². The lowest BCUT2D eigenvalue weighted by Gasteiger charge is -2.29. The molecule has 0 unspecified atom stereocenters. The third-order valence-corrected chi connectivity index (χ3v) is 4.07. The maximum absolute atomic E-state index is 12.1. The van der Waals surface area contributed by atoms with Crippen LogP contribution in [0.3, 0.4) is 0 Å². The summed E-state index contributed by atoms with van der Waals surface area (Å²) >= 11 is 5.95. The largest absolute Gasteiger partial charge is 0.495 e. The molecule has 2 amide bonds. The van der Waals surface area contributed by atoms with Crippen molar-refractivity contribution in [3.05, 3.63) is 23.2 Å². The number of hydrogen-bond acceptors (Lipinski definition) is 2. The van der Waals surface area contributed by atoms with Crippen LogP contribution in [0.4, 0.5) is 10.5 Å². The fraction of sp³-hybridized carbons (Fsp3) is 0.533. The van der Waals surface area contributed by atoms with Crippen molar-refractivity contribution in [1.29, 1.82) is 0 Å². The van der Waals surface area contributed by atoms with Gasteiger partial charge in [0.2, 0.25) is 0 Å². The van der Waals surface area contributed by atoms with Crippen molar-refractivity contribution >= 4 is 23.3 Å². The standard InChI is InChI=1S/C15H21ClN2O2/c1-10-5-3-4-6-12(10)17-15(19)18-13-9-11(16)7-8-14(13)20-2/h7-10,12H,3-6H2,1-2H3,(H2,17,18,19)/t10-,12+/m0/s1. The Kier molecular flexibility index (Phi) is 5.12. The van der Waals surface area contributed by atoms with Gasteiger partial charge in [0.15, 0.2) is 0 Å². The van der Waals surface area contributed by atoms with Crippen LogP contribution >= 0.6 is 11.6 Å². The molecule has 0 spiro atoms. The Hall–Kier alpha value is -1.42. The van der Waals surface area contributed by atoms with Crippen molar-refractivity contribution in [2.45, 2.75) is 38.6 Å². The second kappa shape index (κ2) is 6.84. The van der Waals surface area contributed by atoms with Crippen molar-refractivity contribution in [3.8, 4) is 5.75 Å². The predicted octanol–water partition coefficient (Wildman–Crippen LogP) is 4.05. The number of urea groups is 1. The molecule has 5 heteroatoms. The molecule has 2 N–H and O–H groups in total. The molecule has 1 aromatic carbocycles. The van der Waals surface area contributed by atoms with E-state index in [1.807, 2.05) is 0 Å². The molecule has 0 aromatic heterocycles. The van der Waals surface area contributed by atoms with E-state index in [-0.39, 0.29) is 12.1 Å². The number of amides is 2. The van der Waals surface area contributed by atoms with Crippen LogP contribution in [0, 0.1) is 5.92 Å². The van der Waals surface area contributed by atoms with Gasteiger partial charge in [-0.05, 0) is 37.0 Å². The maximum Gasteiger partial charge on any atom is 0.319 e. The number of ether oxygens (including phenoxy) is 1. The number of nitrogens with one attached hydrogen (secondary N) is 2. The molecular formula is C15H21ClN2O2. The smallest absolute Gasteiger partial charge is 0.319 e. The van der Waals surface area contributed by atoms with Crippen molar-refractivity contribution in [3.63, 3.8) is 0 Å². The third kappa shape index (κ3) is 3.79. The highest BCUT2D eigenvalue weighted by molar-refractivity contribution is 6.31. The van der Waals surface area contributed by atoms with Crippen LogP contribution < -0.4 is 15.4 Å². The Labute approximate surface area is 124 Å². The van der Waals surface area contributed by atoms with Gasteiger partial charge in [0.05, 0.1) is 12.8 Å². The first-order valence-corrected chi connectivity index (χ1v) is 7.39. The minimum Gasteiger partial charge on any atom is -0.495 e. The normalized spacial score (nSPS) is 22.1. The van der Waals surface area contributed by atoms with Crippen LogP contribution in [0.25, 0.3) is 0 Å². The lowest BCUT2D eigenvalue weighted by Crippen LogP contribution is -2.43. The molecule has 1 aromatic rings. The molecule has 1 fully saturated rings. The van der Waals surface area contributed by atoms with Gasteiger partial charge in [0.25, 0.3) is 0 Å². The molecule has 0 bridgehead atoms. The van der Waals surface area contributed by atoms with Gasteiger partial charge in [0, 0.05) is 11.1 Å². The monoisotopic (exact) mass is 296 g/mol. The van der Waals surface area contributed by atoms with Gasteiger partial charge in [-0.25, -0.2) is 4.79 Å². The first-order chi connectivity index (χ1) is 9.60. The minimum absolute atomic E-state index is 0.204. The van der Waals surface area contributed by atoms with Crippen LogP contribution in [0.5, 0.6) is 5.75 Å². The van der Waals surface area contributed by atoms with E-state index in [2.05, 4.69) is 17.6 Å². The van der Waals surface area contributed by atoms with Gasteiger partial charge in [-0.15, -0.1) is 0 Å². The second-order valence-electron chi connectivity index (χ2n) is 5.31. The predicted molar refractivity (Wildman–Crippen MR) is 81.6 cm³/mol. The summed E-state index contributed by atoms with van der Waals surface area (Å²) in [5.41, 5.74) is 0.584. The number of benzene rings is 1. The van der Waals surface area contributed by atoms with E-state index >= 15 is 0 Å². The van der Waals surface area contributed by atoms with Crippen molar-refractivity contribution in [2.75, 3.05) is 12.4 Å². The zero-order valence-electron chi connectivity index (χ0n) is 11.9. The van der Waals surface area contributed by atoms with E-state index in [4.69, 9.17) is 16.3 Å². The molecule has 110 valence electrons. The van der Waals surface area contributed by atoms with Gasteiger partial charge < -0.3 is 15.4 Å². The molecule has 1 aliphatic rings. The topological polar surface area (TPSA) is 50.4 Å². The van der Waals surface area contributed by atoms with Crippen LogP contribution in [0.15, 0.2) is 18.2 Å². The van der Waals surface area contributed by atoms with Crippen LogP contribution in [0.2, 0.25) is 5.02 Å². The molecule has 0 radical (unpaired) electrons. The zero-order chi connectivity index (χ0) is 14.5. The number of anilines is 1. The third-order valence-electron chi connectivity index (χ3n) is 3.84. The lowest BCUT2D eigenvalue weighted by molar-refractivity contribution is 0.232. The molecule has 1 saturated carbocycles. The summed E-state index contributed by atoms with van der Waals surface area (Å²) < 4.78 is 5.21. The van der Waals surface area contributed by atoms with E-state index in [1.54, 1.807) is 25.3 Å². The minimum atomic E-state index is -0.204. The van der Waals surface area contributed by atoms with E-state index in [9.17, 15) is 4.79 Å². The summed E-state index contributed by atoms with van der Waals surface area (Å²) in [6.07, 6.45) is 4.64. The number of halogens is 1. The summed E-state index contributed by atoms with van der Waals surface area (Å²) in [6, 6.07) is 5.19. The summed E-state index contributed by atoms with van der Waals surface area (Å²) in [6.45, 7) is 2.18. The quantitative estimate of drug-likeness (QED) is 0.884. The second-order valence-corrected chi connectivity index (χ2v) is 5.75. The van der Waals surface area contributed by atoms with Crippen molar-refractivity contribution in [2.24, 2.45) is 5.92 Å². The molecule has 0 heterocycles. The summed E-state index contributed by atoms with van der Waals surface area (Å²) in [7, 11) is 1.57. The van der Waals surface area contributed by atoms with Crippen LogP contribution in [0.1, 0.15) is 32.6 Å². The number of methoxy groups -OCH3 is 1. The molecule has 2 atom stereocenters. The highest BCUT2D eigenvalue weighted by Gasteiger charge is 2.23. The zero-order valence-corrected chi connectivity index (χ0v) is 12.7. The van der Waals surface area contributed by atoms with Gasteiger partial charge in [-0.2, -0.15) is 0 Å². The maximum atomic E-state index is 12.1. The summed E-state index contributed by atoms with van der Waals surface area (Å²) in [4.78, 5) is 12.1. The fourth-order valence-corrected chi connectivity index (χ4v) is 2.81. The molecule has 2 rings (SSSR count). The Bertz CT molecular complexity index is 479. The fourth-order valence-electron chi connectivity index (χ4n) is 2.64. The number of carbonyl (C=O) groups excluding carboxylic acids is 1. The molecular weight excluding hydrogens is 276 g/mol. The Balaban J connectivity index is 1.99. The Morgan fingerprint density at radius 2 is 2.10 bits per heavy atom. The Morgan fingerprint density at radius 1 is 1.35 bits per heavy atom. The van der Waals surface area contributed by atoms with Crippen LogP contribution in [-0.4, -0.2) is 19.2 Å². The van der Waals surface area contributed by atoms with Gasteiger partial charge in [-0.1, -0.05) is 31.4 Å². The van der Waals surface area contributed by atoms with E-state index in [1.165, 1.54) is 19.3 Å². The SMILES string of the molecule is COc1ccc(Cl)cc1NC(=O)N[C@@H]1CCCC[C@@H]1C. The highest BCUT2D eigenvalue weighted by Crippen LogP contribution is 2.28. The molecule has 1 aliphatic carbocycles. The number of rotatable bonds is 3. The van der Waals surface area contributed by atoms with Crippen molar-refractivity contribution in [1.82, 2.24) is 5.32 Å². The molecule has 20 heavy (non-hydrogen) atoms. The first kappa shape index (κ1) is 15.0.